The Balaban J connectivity index is 1.82. The quantitative estimate of drug-likeness (QED) is 0.807. The van der Waals surface area contributed by atoms with E-state index < -0.39 is 6.03 Å². The second-order valence-electron chi connectivity index (χ2n) is 5.61. The first kappa shape index (κ1) is 17.7. The topological polar surface area (TPSA) is 79.3 Å². The smallest absolute Gasteiger partial charge is 0.321 e. The van der Waals surface area contributed by atoms with Gasteiger partial charge in [0.1, 0.15) is 0 Å². The summed E-state index contributed by atoms with van der Waals surface area (Å²) in [4.78, 5) is 25.1. The van der Waals surface area contributed by atoms with Gasteiger partial charge in [-0.1, -0.05) is 25.1 Å². The van der Waals surface area contributed by atoms with E-state index in [-0.39, 0.29) is 12.5 Å². The highest BCUT2D eigenvalue weighted by Gasteiger charge is 2.11. The standard InChI is InChI=1S/C17H23N5O2/c1-3-9-18-17(24)20-16(23)13-21(2)11-14-10-19-22(12-14)15-7-5-4-6-8-15/h4-8,10,12H,3,9,11,13H2,1-2H3,(H2,18,20,23,24). The fourth-order valence-electron chi connectivity index (χ4n) is 2.23. The molecule has 0 fully saturated rings. The zero-order valence-corrected chi connectivity index (χ0v) is 14.0. The molecule has 1 heterocycles. The number of carbonyl (C=O) groups excluding carboxylic acids is 2. The number of amides is 3. The van der Waals surface area contributed by atoms with Crippen LogP contribution in [-0.2, 0) is 11.3 Å². The summed E-state index contributed by atoms with van der Waals surface area (Å²) >= 11 is 0. The van der Waals surface area contributed by atoms with E-state index in [1.54, 1.807) is 10.9 Å². The van der Waals surface area contributed by atoms with Crippen molar-refractivity contribution in [2.75, 3.05) is 20.1 Å². The van der Waals surface area contributed by atoms with Gasteiger partial charge in [-0.2, -0.15) is 5.10 Å². The Hall–Kier alpha value is -2.67. The summed E-state index contributed by atoms with van der Waals surface area (Å²) in [6.07, 6.45) is 4.53. The number of aromatic nitrogens is 2. The van der Waals surface area contributed by atoms with Crippen molar-refractivity contribution in [3.05, 3.63) is 48.3 Å². The molecule has 24 heavy (non-hydrogen) atoms. The third-order valence-corrected chi connectivity index (χ3v) is 3.31. The second-order valence-corrected chi connectivity index (χ2v) is 5.61. The van der Waals surface area contributed by atoms with Crippen molar-refractivity contribution in [1.29, 1.82) is 0 Å². The first-order chi connectivity index (χ1) is 11.6. The molecule has 0 saturated carbocycles. The van der Waals surface area contributed by atoms with E-state index >= 15 is 0 Å². The predicted octanol–water partition coefficient (Wildman–Crippen LogP) is 1.54. The molecular weight excluding hydrogens is 306 g/mol. The van der Waals surface area contributed by atoms with E-state index in [1.807, 2.05) is 55.4 Å². The van der Waals surface area contributed by atoms with Crippen LogP contribution in [0.25, 0.3) is 5.69 Å². The van der Waals surface area contributed by atoms with Crippen LogP contribution in [0.15, 0.2) is 42.7 Å². The summed E-state index contributed by atoms with van der Waals surface area (Å²) < 4.78 is 1.79. The maximum Gasteiger partial charge on any atom is 0.321 e. The lowest BCUT2D eigenvalue weighted by atomic mass is 10.3. The van der Waals surface area contributed by atoms with Crippen molar-refractivity contribution >= 4 is 11.9 Å². The number of rotatable bonds is 7. The molecule has 0 spiro atoms. The molecule has 1 aromatic heterocycles. The van der Waals surface area contributed by atoms with E-state index in [9.17, 15) is 9.59 Å². The molecule has 2 rings (SSSR count). The van der Waals surface area contributed by atoms with Gasteiger partial charge in [0.25, 0.3) is 0 Å². The molecule has 2 N–H and O–H groups in total. The molecular formula is C17H23N5O2. The number of hydrogen-bond acceptors (Lipinski definition) is 4. The van der Waals surface area contributed by atoms with Crippen LogP contribution in [0.4, 0.5) is 4.79 Å². The number of benzene rings is 1. The van der Waals surface area contributed by atoms with Crippen molar-refractivity contribution in [2.24, 2.45) is 0 Å². The first-order valence-corrected chi connectivity index (χ1v) is 7.93. The largest absolute Gasteiger partial charge is 0.338 e. The molecule has 0 atom stereocenters. The van der Waals surface area contributed by atoms with Gasteiger partial charge in [0, 0.05) is 24.8 Å². The highest BCUT2D eigenvalue weighted by atomic mass is 16.2. The fourth-order valence-corrected chi connectivity index (χ4v) is 2.23. The monoisotopic (exact) mass is 329 g/mol. The Kier molecular flexibility index (Phi) is 6.51. The van der Waals surface area contributed by atoms with Crippen LogP contribution in [0, 0.1) is 0 Å². The van der Waals surface area contributed by atoms with E-state index in [4.69, 9.17) is 0 Å². The minimum atomic E-state index is -0.452. The average molecular weight is 329 g/mol. The zero-order chi connectivity index (χ0) is 17.4. The fraction of sp³-hybridized carbons (Fsp3) is 0.353. The molecule has 0 aliphatic heterocycles. The number of likely N-dealkylation sites (N-methyl/N-ethyl adjacent to an activating group) is 1. The van der Waals surface area contributed by atoms with Crippen LogP contribution < -0.4 is 10.6 Å². The lowest BCUT2D eigenvalue weighted by Gasteiger charge is -2.15. The third-order valence-electron chi connectivity index (χ3n) is 3.31. The minimum absolute atomic E-state index is 0.135. The zero-order valence-electron chi connectivity index (χ0n) is 14.0. The van der Waals surface area contributed by atoms with Crippen molar-refractivity contribution in [1.82, 2.24) is 25.3 Å². The molecule has 0 aliphatic rings. The minimum Gasteiger partial charge on any atom is -0.338 e. The molecule has 1 aromatic carbocycles. The summed E-state index contributed by atoms with van der Waals surface area (Å²) in [5, 5.41) is 9.24. The van der Waals surface area contributed by atoms with Crippen molar-refractivity contribution in [2.45, 2.75) is 19.9 Å². The van der Waals surface area contributed by atoms with Crippen LogP contribution in [0.3, 0.4) is 0 Å². The lowest BCUT2D eigenvalue weighted by Crippen LogP contribution is -2.43. The third kappa shape index (κ3) is 5.51. The van der Waals surface area contributed by atoms with Gasteiger partial charge in [0.2, 0.25) is 5.91 Å². The SMILES string of the molecule is CCCNC(=O)NC(=O)CN(C)Cc1cnn(-c2ccccc2)c1. The van der Waals surface area contributed by atoms with E-state index in [0.717, 1.165) is 17.7 Å². The van der Waals surface area contributed by atoms with Gasteiger partial charge in [-0.3, -0.25) is 15.0 Å². The van der Waals surface area contributed by atoms with Gasteiger partial charge in [0.05, 0.1) is 18.4 Å². The number of imide groups is 1. The lowest BCUT2D eigenvalue weighted by molar-refractivity contribution is -0.120. The number of carbonyl (C=O) groups is 2. The number of nitrogens with one attached hydrogen (secondary N) is 2. The maximum absolute atomic E-state index is 11.8. The summed E-state index contributed by atoms with van der Waals surface area (Å²) in [5.41, 5.74) is 1.97. The predicted molar refractivity (Wildman–Crippen MR) is 91.7 cm³/mol. The summed E-state index contributed by atoms with van der Waals surface area (Å²) in [7, 11) is 1.82. The van der Waals surface area contributed by atoms with Gasteiger partial charge in [0.15, 0.2) is 0 Å². The average Bonchev–Trinajstić information content (AvgIpc) is 3.01. The van der Waals surface area contributed by atoms with Gasteiger partial charge < -0.3 is 5.32 Å². The molecule has 7 nitrogen and oxygen atoms in total. The summed E-state index contributed by atoms with van der Waals surface area (Å²) in [5.74, 6) is -0.332. The highest BCUT2D eigenvalue weighted by molar-refractivity contribution is 5.95. The van der Waals surface area contributed by atoms with E-state index in [1.165, 1.54) is 0 Å². The number of hydrogen-bond donors (Lipinski definition) is 2. The van der Waals surface area contributed by atoms with Gasteiger partial charge in [-0.25, -0.2) is 9.48 Å². The Morgan fingerprint density at radius 1 is 1.25 bits per heavy atom. The number of urea groups is 1. The number of para-hydroxylation sites is 1. The molecule has 0 bridgehead atoms. The Morgan fingerprint density at radius 2 is 2.00 bits per heavy atom. The van der Waals surface area contributed by atoms with E-state index in [2.05, 4.69) is 15.7 Å². The van der Waals surface area contributed by atoms with Gasteiger partial charge in [-0.15, -0.1) is 0 Å². The Labute approximate surface area is 141 Å². The van der Waals surface area contributed by atoms with Crippen LogP contribution in [-0.4, -0.2) is 46.8 Å². The van der Waals surface area contributed by atoms with Crippen molar-refractivity contribution in [3.8, 4) is 5.69 Å². The molecule has 3 amide bonds. The molecule has 0 radical (unpaired) electrons. The normalized spacial score (nSPS) is 10.6. The maximum atomic E-state index is 11.8. The van der Waals surface area contributed by atoms with Crippen LogP contribution in [0.5, 0.6) is 0 Å². The Bertz CT molecular complexity index is 669. The molecule has 0 unspecified atom stereocenters. The summed E-state index contributed by atoms with van der Waals surface area (Å²) in [6.45, 7) is 3.20. The molecule has 0 aliphatic carbocycles. The molecule has 2 aromatic rings. The van der Waals surface area contributed by atoms with Crippen LogP contribution in [0.2, 0.25) is 0 Å². The Morgan fingerprint density at radius 3 is 2.71 bits per heavy atom. The highest BCUT2D eigenvalue weighted by Crippen LogP contribution is 2.08. The van der Waals surface area contributed by atoms with Crippen molar-refractivity contribution in [3.63, 3.8) is 0 Å². The first-order valence-electron chi connectivity index (χ1n) is 7.93. The van der Waals surface area contributed by atoms with Gasteiger partial charge in [-0.05, 0) is 25.6 Å². The van der Waals surface area contributed by atoms with Crippen molar-refractivity contribution < 1.29 is 9.59 Å². The van der Waals surface area contributed by atoms with Gasteiger partial charge >= 0.3 is 6.03 Å². The molecule has 128 valence electrons. The molecule has 0 saturated heterocycles. The van der Waals surface area contributed by atoms with E-state index in [0.29, 0.717) is 13.1 Å². The number of nitrogens with zero attached hydrogens (tertiary/aromatic N) is 3. The van der Waals surface area contributed by atoms with Crippen LogP contribution >= 0.6 is 0 Å². The molecule has 7 heteroatoms. The van der Waals surface area contributed by atoms with Crippen LogP contribution in [0.1, 0.15) is 18.9 Å². The summed E-state index contributed by atoms with van der Waals surface area (Å²) in [6, 6.07) is 9.36. The second kappa shape index (κ2) is 8.83.